The smallest absolute Gasteiger partial charge is 0.315 e. The molecule has 1 aliphatic rings. The van der Waals surface area contributed by atoms with Gasteiger partial charge in [0.2, 0.25) is 0 Å². The van der Waals surface area contributed by atoms with Crippen LogP contribution in [-0.4, -0.2) is 47.4 Å². The van der Waals surface area contributed by atoms with Gasteiger partial charge in [0.25, 0.3) is 0 Å². The minimum atomic E-state index is -0.896. The zero-order chi connectivity index (χ0) is 16.2. The third-order valence-corrected chi connectivity index (χ3v) is 4.35. The van der Waals surface area contributed by atoms with Gasteiger partial charge in [0.1, 0.15) is 5.82 Å². The minimum absolute atomic E-state index is 0.0823. The lowest BCUT2D eigenvalue weighted by Gasteiger charge is -2.28. The highest BCUT2D eigenvalue weighted by Crippen LogP contribution is 2.17. The Labute approximate surface area is 131 Å². The average Bonchev–Trinajstić information content (AvgIpc) is 2.94. The van der Waals surface area contributed by atoms with E-state index in [4.69, 9.17) is 0 Å². The molecule has 6 heteroatoms. The first-order valence-electron chi connectivity index (χ1n) is 7.81. The van der Waals surface area contributed by atoms with Crippen molar-refractivity contribution < 1.29 is 9.90 Å². The number of carbonyl (C=O) groups is 1. The number of hydrogen-bond acceptors (Lipinski definition) is 4. The van der Waals surface area contributed by atoms with Gasteiger partial charge in [-0.25, -0.2) is 9.78 Å². The molecule has 2 amide bonds. The molecule has 2 unspecified atom stereocenters. The minimum Gasteiger partial charge on any atom is -0.388 e. The second kappa shape index (κ2) is 6.96. The Hall–Kier alpha value is -1.82. The Bertz CT molecular complexity index is 490. The van der Waals surface area contributed by atoms with Gasteiger partial charge in [-0.15, -0.1) is 0 Å². The molecule has 22 heavy (non-hydrogen) atoms. The van der Waals surface area contributed by atoms with E-state index in [1.165, 1.54) is 0 Å². The normalized spacial score (nSPS) is 20.8. The number of carbonyl (C=O) groups excluding carboxylic acids is 1. The Kier molecular flexibility index (Phi) is 5.24. The van der Waals surface area contributed by atoms with Crippen LogP contribution in [0.2, 0.25) is 0 Å². The lowest BCUT2D eigenvalue weighted by molar-refractivity contribution is 0.0165. The van der Waals surface area contributed by atoms with Crippen molar-refractivity contribution in [3.63, 3.8) is 0 Å². The summed E-state index contributed by atoms with van der Waals surface area (Å²) in [6.07, 6.45) is 2.67. The lowest BCUT2D eigenvalue weighted by atomic mass is 9.93. The van der Waals surface area contributed by atoms with Crippen LogP contribution >= 0.6 is 0 Å². The van der Waals surface area contributed by atoms with Gasteiger partial charge in [-0.3, -0.25) is 0 Å². The van der Waals surface area contributed by atoms with E-state index in [2.05, 4.69) is 20.5 Å². The summed E-state index contributed by atoms with van der Waals surface area (Å²) in [4.78, 5) is 18.4. The van der Waals surface area contributed by atoms with Crippen LogP contribution in [0.15, 0.2) is 24.4 Å². The van der Waals surface area contributed by atoms with Crippen molar-refractivity contribution >= 4 is 11.8 Å². The van der Waals surface area contributed by atoms with Crippen molar-refractivity contribution in [3.8, 4) is 0 Å². The number of hydrogen-bond donors (Lipinski definition) is 3. The highest BCUT2D eigenvalue weighted by molar-refractivity contribution is 5.74. The molecule has 1 aromatic rings. The summed E-state index contributed by atoms with van der Waals surface area (Å²) >= 11 is 0. The molecule has 122 valence electrons. The van der Waals surface area contributed by atoms with E-state index in [1.54, 1.807) is 13.1 Å². The molecular formula is C16H26N4O2. The van der Waals surface area contributed by atoms with Crippen LogP contribution in [0.4, 0.5) is 10.6 Å². The van der Waals surface area contributed by atoms with E-state index in [-0.39, 0.29) is 24.5 Å². The van der Waals surface area contributed by atoms with Crippen molar-refractivity contribution in [3.05, 3.63) is 24.4 Å². The predicted molar refractivity (Wildman–Crippen MR) is 86.9 cm³/mol. The van der Waals surface area contributed by atoms with Gasteiger partial charge in [0.15, 0.2) is 0 Å². The lowest BCUT2D eigenvalue weighted by Crippen LogP contribution is -2.50. The third kappa shape index (κ3) is 4.34. The first-order valence-corrected chi connectivity index (χ1v) is 7.81. The summed E-state index contributed by atoms with van der Waals surface area (Å²) in [7, 11) is 0. The molecule has 1 aromatic heterocycles. The van der Waals surface area contributed by atoms with Gasteiger partial charge in [0.05, 0.1) is 5.60 Å². The molecule has 1 aliphatic heterocycles. The second-order valence-corrected chi connectivity index (χ2v) is 6.46. The highest BCUT2D eigenvalue weighted by atomic mass is 16.3. The van der Waals surface area contributed by atoms with Crippen LogP contribution in [-0.2, 0) is 0 Å². The van der Waals surface area contributed by atoms with Gasteiger partial charge in [0, 0.05) is 31.9 Å². The summed E-state index contributed by atoms with van der Waals surface area (Å²) in [5.41, 5.74) is -0.896. The fourth-order valence-corrected chi connectivity index (χ4v) is 2.33. The van der Waals surface area contributed by atoms with Crippen molar-refractivity contribution in [2.24, 2.45) is 5.92 Å². The van der Waals surface area contributed by atoms with E-state index in [1.807, 2.05) is 32.0 Å². The van der Waals surface area contributed by atoms with Crippen molar-refractivity contribution in [2.45, 2.75) is 38.8 Å². The van der Waals surface area contributed by atoms with Crippen LogP contribution in [0, 0.1) is 5.92 Å². The SMILES string of the molecule is CC(C)C(C)(O)CNC(=O)NC1CCN(c2ccccn2)C1. The molecule has 1 fully saturated rings. The molecule has 0 radical (unpaired) electrons. The summed E-state index contributed by atoms with van der Waals surface area (Å²) in [6, 6.07) is 5.70. The Morgan fingerprint density at radius 1 is 1.55 bits per heavy atom. The first-order chi connectivity index (χ1) is 10.4. The summed E-state index contributed by atoms with van der Waals surface area (Å²) in [5, 5.41) is 15.8. The van der Waals surface area contributed by atoms with Crippen LogP contribution in [0.25, 0.3) is 0 Å². The van der Waals surface area contributed by atoms with Crippen molar-refractivity contribution in [1.82, 2.24) is 15.6 Å². The van der Waals surface area contributed by atoms with Gasteiger partial charge < -0.3 is 20.6 Å². The second-order valence-electron chi connectivity index (χ2n) is 6.46. The van der Waals surface area contributed by atoms with Gasteiger partial charge in [-0.05, 0) is 31.4 Å². The predicted octanol–water partition coefficient (Wildman–Crippen LogP) is 1.37. The van der Waals surface area contributed by atoms with Gasteiger partial charge in [-0.1, -0.05) is 19.9 Å². The molecule has 0 bridgehead atoms. The van der Waals surface area contributed by atoms with Crippen LogP contribution in [0.3, 0.4) is 0 Å². The van der Waals surface area contributed by atoms with E-state index in [0.29, 0.717) is 0 Å². The molecule has 0 saturated carbocycles. The van der Waals surface area contributed by atoms with Crippen molar-refractivity contribution in [1.29, 1.82) is 0 Å². The largest absolute Gasteiger partial charge is 0.388 e. The molecular weight excluding hydrogens is 280 g/mol. The zero-order valence-electron chi connectivity index (χ0n) is 13.5. The van der Waals surface area contributed by atoms with E-state index in [0.717, 1.165) is 25.3 Å². The summed E-state index contributed by atoms with van der Waals surface area (Å²) in [6.45, 7) is 7.47. The molecule has 0 aromatic carbocycles. The summed E-state index contributed by atoms with van der Waals surface area (Å²) in [5.74, 6) is 1.02. The van der Waals surface area contributed by atoms with Crippen molar-refractivity contribution in [2.75, 3.05) is 24.5 Å². The number of pyridine rings is 1. The molecule has 0 spiro atoms. The molecule has 2 heterocycles. The standard InChI is InChI=1S/C16H26N4O2/c1-12(2)16(3,22)11-18-15(21)19-13-7-9-20(10-13)14-6-4-5-8-17-14/h4-6,8,12-13,22H,7,9-11H2,1-3H3,(H2,18,19,21). The van der Waals surface area contributed by atoms with E-state index < -0.39 is 5.60 Å². The van der Waals surface area contributed by atoms with Crippen LogP contribution in [0.5, 0.6) is 0 Å². The maximum Gasteiger partial charge on any atom is 0.315 e. The number of urea groups is 1. The van der Waals surface area contributed by atoms with E-state index >= 15 is 0 Å². The molecule has 2 rings (SSSR count). The topological polar surface area (TPSA) is 77.5 Å². The molecule has 2 atom stereocenters. The maximum atomic E-state index is 11.9. The maximum absolute atomic E-state index is 11.9. The number of nitrogens with one attached hydrogen (secondary N) is 2. The van der Waals surface area contributed by atoms with Gasteiger partial charge >= 0.3 is 6.03 Å². The first kappa shape index (κ1) is 16.5. The monoisotopic (exact) mass is 306 g/mol. The third-order valence-electron chi connectivity index (χ3n) is 4.35. The Morgan fingerprint density at radius 2 is 2.32 bits per heavy atom. The van der Waals surface area contributed by atoms with E-state index in [9.17, 15) is 9.90 Å². The van der Waals surface area contributed by atoms with Crippen LogP contribution < -0.4 is 15.5 Å². The molecule has 6 nitrogen and oxygen atoms in total. The van der Waals surface area contributed by atoms with Gasteiger partial charge in [-0.2, -0.15) is 0 Å². The number of aromatic nitrogens is 1. The Morgan fingerprint density at radius 3 is 2.95 bits per heavy atom. The summed E-state index contributed by atoms with van der Waals surface area (Å²) < 4.78 is 0. The fourth-order valence-electron chi connectivity index (χ4n) is 2.33. The fraction of sp³-hybridized carbons (Fsp3) is 0.625. The van der Waals surface area contributed by atoms with Crippen LogP contribution in [0.1, 0.15) is 27.2 Å². The molecule has 0 aliphatic carbocycles. The number of rotatable bonds is 5. The number of nitrogens with zero attached hydrogens (tertiary/aromatic N) is 2. The average molecular weight is 306 g/mol. The number of amides is 2. The molecule has 1 saturated heterocycles. The number of anilines is 1. The highest BCUT2D eigenvalue weighted by Gasteiger charge is 2.27. The quantitative estimate of drug-likeness (QED) is 0.768. The zero-order valence-corrected chi connectivity index (χ0v) is 13.5. The Balaban J connectivity index is 1.77. The molecule has 3 N–H and O–H groups in total. The number of aliphatic hydroxyl groups is 1.